The third-order valence-electron chi connectivity index (χ3n) is 5.21. The minimum atomic E-state index is -0.137. The summed E-state index contributed by atoms with van der Waals surface area (Å²) in [5.41, 5.74) is 0.194. The highest BCUT2D eigenvalue weighted by Gasteiger charge is 2.44. The van der Waals surface area contributed by atoms with Crippen LogP contribution in [0.1, 0.15) is 59.8 Å². The molecule has 0 radical (unpaired) electrons. The molecule has 0 aromatic rings. The lowest BCUT2D eigenvalue weighted by atomic mass is 9.77. The molecule has 2 aliphatic rings. The molecule has 1 aliphatic heterocycles. The number of piperazine rings is 1. The Morgan fingerprint density at radius 1 is 1.26 bits per heavy atom. The zero-order valence-electron chi connectivity index (χ0n) is 13.1. The first-order valence-electron chi connectivity index (χ1n) is 7.90. The second-order valence-electron chi connectivity index (χ2n) is 7.36. The molecular formula is C17H30N2. The Balaban J connectivity index is 2.20. The van der Waals surface area contributed by atoms with Crippen molar-refractivity contribution in [1.82, 2.24) is 10.2 Å². The largest absolute Gasteiger partial charge is 0.308 e. The molecule has 1 saturated heterocycles. The first-order chi connectivity index (χ1) is 8.90. The van der Waals surface area contributed by atoms with Crippen molar-refractivity contribution in [3.8, 4) is 12.3 Å². The molecule has 1 atom stereocenters. The Hall–Kier alpha value is -0.520. The lowest BCUT2D eigenvalue weighted by molar-refractivity contribution is -0.00657. The van der Waals surface area contributed by atoms with Gasteiger partial charge in [-0.3, -0.25) is 4.90 Å². The minimum absolute atomic E-state index is 0.137. The van der Waals surface area contributed by atoms with E-state index < -0.39 is 0 Å². The van der Waals surface area contributed by atoms with Gasteiger partial charge in [0.2, 0.25) is 0 Å². The molecule has 1 aliphatic carbocycles. The number of nitrogens with one attached hydrogen (secondary N) is 1. The van der Waals surface area contributed by atoms with Gasteiger partial charge >= 0.3 is 0 Å². The van der Waals surface area contributed by atoms with Crippen LogP contribution in [0.2, 0.25) is 0 Å². The van der Waals surface area contributed by atoms with Crippen molar-refractivity contribution < 1.29 is 0 Å². The maximum absolute atomic E-state index is 5.81. The number of hydrogen-bond acceptors (Lipinski definition) is 2. The minimum Gasteiger partial charge on any atom is -0.308 e. The SMILES string of the molecule is C#CC(C)(C)N1CC2(CCCCC2)NCC1C(C)C. The first kappa shape index (κ1) is 14.9. The Morgan fingerprint density at radius 2 is 1.89 bits per heavy atom. The van der Waals surface area contributed by atoms with Crippen LogP contribution >= 0.6 is 0 Å². The number of nitrogens with zero attached hydrogens (tertiary/aromatic N) is 1. The average Bonchev–Trinajstić information content (AvgIpc) is 2.39. The van der Waals surface area contributed by atoms with Crippen LogP contribution in [0, 0.1) is 18.3 Å². The van der Waals surface area contributed by atoms with Crippen LogP contribution in [0.25, 0.3) is 0 Å². The monoisotopic (exact) mass is 262 g/mol. The Bertz CT molecular complexity index is 345. The molecule has 0 aromatic heterocycles. The van der Waals surface area contributed by atoms with Crippen molar-refractivity contribution in [2.45, 2.75) is 76.9 Å². The van der Waals surface area contributed by atoms with E-state index in [-0.39, 0.29) is 5.54 Å². The molecule has 2 heteroatoms. The molecule has 1 spiro atoms. The number of rotatable bonds is 2. The van der Waals surface area contributed by atoms with Crippen LogP contribution in [0.3, 0.4) is 0 Å². The predicted molar refractivity (Wildman–Crippen MR) is 82.1 cm³/mol. The summed E-state index contributed by atoms with van der Waals surface area (Å²) in [6.45, 7) is 11.2. The molecule has 19 heavy (non-hydrogen) atoms. The highest BCUT2D eigenvalue weighted by atomic mass is 15.3. The highest BCUT2D eigenvalue weighted by molar-refractivity contribution is 5.14. The summed E-state index contributed by atoms with van der Waals surface area (Å²) in [6.07, 6.45) is 12.6. The maximum Gasteiger partial charge on any atom is 0.0769 e. The quantitative estimate of drug-likeness (QED) is 0.770. The van der Waals surface area contributed by atoms with Crippen LogP contribution in [0.15, 0.2) is 0 Å². The lowest BCUT2D eigenvalue weighted by Crippen LogP contribution is -2.69. The summed E-state index contributed by atoms with van der Waals surface area (Å²) in [5.74, 6) is 3.66. The van der Waals surface area contributed by atoms with Gasteiger partial charge in [0, 0.05) is 24.7 Å². The van der Waals surface area contributed by atoms with Crippen molar-refractivity contribution in [2.75, 3.05) is 13.1 Å². The molecule has 108 valence electrons. The van der Waals surface area contributed by atoms with E-state index in [9.17, 15) is 0 Å². The average molecular weight is 262 g/mol. The summed E-state index contributed by atoms with van der Waals surface area (Å²) in [7, 11) is 0. The van der Waals surface area contributed by atoms with Crippen LogP contribution in [0.5, 0.6) is 0 Å². The fourth-order valence-corrected chi connectivity index (χ4v) is 3.78. The Kier molecular flexibility index (Phi) is 4.28. The Labute approximate surface area is 119 Å². The van der Waals surface area contributed by atoms with Crippen LogP contribution in [-0.2, 0) is 0 Å². The van der Waals surface area contributed by atoms with E-state index in [4.69, 9.17) is 6.42 Å². The molecular weight excluding hydrogens is 232 g/mol. The zero-order valence-corrected chi connectivity index (χ0v) is 13.1. The van der Waals surface area contributed by atoms with E-state index in [1.165, 1.54) is 32.1 Å². The number of terminal acetylenes is 1. The summed E-state index contributed by atoms with van der Waals surface area (Å²) in [5, 5.41) is 3.88. The zero-order chi connectivity index (χ0) is 14.1. The molecule has 2 rings (SSSR count). The predicted octanol–water partition coefficient (Wildman–Crippen LogP) is 3.03. The van der Waals surface area contributed by atoms with E-state index >= 15 is 0 Å². The van der Waals surface area contributed by atoms with Gasteiger partial charge in [-0.25, -0.2) is 0 Å². The molecule has 1 heterocycles. The first-order valence-corrected chi connectivity index (χ1v) is 7.90. The van der Waals surface area contributed by atoms with E-state index in [2.05, 4.69) is 43.8 Å². The van der Waals surface area contributed by atoms with E-state index in [1.807, 2.05) is 0 Å². The second kappa shape index (κ2) is 5.46. The van der Waals surface area contributed by atoms with Crippen molar-refractivity contribution in [1.29, 1.82) is 0 Å². The standard InChI is InChI=1S/C17H30N2/c1-6-16(4,5)19-13-17(10-8-7-9-11-17)18-12-15(19)14(2)3/h1,14-15,18H,7-13H2,2-5H3. The molecule has 0 aromatic carbocycles. The fraction of sp³-hybridized carbons (Fsp3) is 0.882. The van der Waals surface area contributed by atoms with E-state index in [0.29, 0.717) is 17.5 Å². The van der Waals surface area contributed by atoms with Gasteiger partial charge in [0.05, 0.1) is 5.54 Å². The van der Waals surface area contributed by atoms with Gasteiger partial charge in [-0.05, 0) is 32.6 Å². The third-order valence-corrected chi connectivity index (χ3v) is 5.21. The van der Waals surface area contributed by atoms with Crippen molar-refractivity contribution in [2.24, 2.45) is 5.92 Å². The van der Waals surface area contributed by atoms with Gasteiger partial charge in [-0.1, -0.05) is 39.0 Å². The van der Waals surface area contributed by atoms with Crippen LogP contribution in [-0.4, -0.2) is 35.1 Å². The van der Waals surface area contributed by atoms with Gasteiger partial charge in [0.25, 0.3) is 0 Å². The topological polar surface area (TPSA) is 15.3 Å². The van der Waals surface area contributed by atoms with Crippen molar-refractivity contribution >= 4 is 0 Å². The maximum atomic E-state index is 5.81. The summed E-state index contributed by atoms with van der Waals surface area (Å²) < 4.78 is 0. The molecule has 0 amide bonds. The van der Waals surface area contributed by atoms with E-state index in [0.717, 1.165) is 13.1 Å². The fourth-order valence-electron chi connectivity index (χ4n) is 3.78. The number of hydrogen-bond donors (Lipinski definition) is 1. The summed E-state index contributed by atoms with van der Waals surface area (Å²) >= 11 is 0. The molecule has 1 saturated carbocycles. The molecule has 2 fully saturated rings. The smallest absolute Gasteiger partial charge is 0.0769 e. The van der Waals surface area contributed by atoms with Gasteiger partial charge in [0.1, 0.15) is 0 Å². The second-order valence-corrected chi connectivity index (χ2v) is 7.36. The van der Waals surface area contributed by atoms with Crippen molar-refractivity contribution in [3.05, 3.63) is 0 Å². The van der Waals surface area contributed by atoms with Gasteiger partial charge in [-0.15, -0.1) is 6.42 Å². The lowest BCUT2D eigenvalue weighted by Gasteiger charge is -2.54. The molecule has 2 nitrogen and oxygen atoms in total. The third kappa shape index (κ3) is 2.98. The van der Waals surface area contributed by atoms with Crippen LogP contribution in [0.4, 0.5) is 0 Å². The van der Waals surface area contributed by atoms with Gasteiger partial charge < -0.3 is 5.32 Å². The van der Waals surface area contributed by atoms with Crippen LogP contribution < -0.4 is 5.32 Å². The van der Waals surface area contributed by atoms with Gasteiger partial charge in [0.15, 0.2) is 0 Å². The Morgan fingerprint density at radius 3 is 2.42 bits per heavy atom. The summed E-state index contributed by atoms with van der Waals surface area (Å²) in [6, 6.07) is 0.554. The van der Waals surface area contributed by atoms with Gasteiger partial charge in [-0.2, -0.15) is 0 Å². The van der Waals surface area contributed by atoms with E-state index in [1.54, 1.807) is 0 Å². The molecule has 1 N–H and O–H groups in total. The van der Waals surface area contributed by atoms with Crippen molar-refractivity contribution in [3.63, 3.8) is 0 Å². The molecule has 0 bridgehead atoms. The highest BCUT2D eigenvalue weighted by Crippen LogP contribution is 2.35. The summed E-state index contributed by atoms with van der Waals surface area (Å²) in [4.78, 5) is 2.60. The molecule has 1 unspecified atom stereocenters. The normalized spacial score (nSPS) is 28.5.